The van der Waals surface area contributed by atoms with Gasteiger partial charge in [-0.15, -0.1) is 0 Å². The molecule has 0 saturated carbocycles. The van der Waals surface area contributed by atoms with Crippen LogP contribution in [0.3, 0.4) is 0 Å². The normalized spacial score (nSPS) is 16.5. The minimum absolute atomic E-state index is 0.124. The number of rotatable bonds is 8. The van der Waals surface area contributed by atoms with Crippen LogP contribution in [0.5, 0.6) is 0 Å². The molecule has 1 aliphatic heterocycles. The highest BCUT2D eigenvalue weighted by atomic mass is 32.2. The molecule has 0 aliphatic carbocycles. The third-order valence-electron chi connectivity index (χ3n) is 7.03. The molecule has 1 heterocycles. The van der Waals surface area contributed by atoms with Crippen molar-refractivity contribution < 1.29 is 25.9 Å². The van der Waals surface area contributed by atoms with Crippen LogP contribution in [0.4, 0.5) is 5.69 Å². The average molecular weight is 556 g/mol. The molecule has 0 amide bonds. The third kappa shape index (κ3) is 6.30. The van der Waals surface area contributed by atoms with Gasteiger partial charge >= 0.3 is 0 Å². The number of nitrogens with zero attached hydrogens (tertiary/aromatic N) is 1. The van der Waals surface area contributed by atoms with Gasteiger partial charge in [-0.2, -0.15) is 16.8 Å². The number of aliphatic imine (C=N–C) groups is 1. The van der Waals surface area contributed by atoms with Crippen molar-refractivity contribution in [3.05, 3.63) is 101 Å². The lowest BCUT2D eigenvalue weighted by atomic mass is 9.76. The fraction of sp³-hybridized carbons (Fsp3) is 0.276. The number of allylic oxidation sites excluding steroid dienone is 8. The maximum atomic E-state index is 11.6. The van der Waals surface area contributed by atoms with E-state index in [-0.39, 0.29) is 9.79 Å². The summed E-state index contributed by atoms with van der Waals surface area (Å²) in [5.74, 6) is 0. The molecule has 3 rings (SSSR count). The van der Waals surface area contributed by atoms with E-state index in [1.165, 1.54) is 24.3 Å². The van der Waals surface area contributed by atoms with Crippen LogP contribution in [0.15, 0.2) is 99.3 Å². The zero-order valence-electron chi connectivity index (χ0n) is 22.3. The van der Waals surface area contributed by atoms with Gasteiger partial charge in [0.1, 0.15) is 0 Å². The Morgan fingerprint density at radius 3 is 2.05 bits per heavy atom. The summed E-state index contributed by atoms with van der Waals surface area (Å²) in [5.41, 5.74) is 3.95. The third-order valence-corrected chi connectivity index (χ3v) is 8.73. The van der Waals surface area contributed by atoms with Gasteiger partial charge < -0.3 is 0 Å². The van der Waals surface area contributed by atoms with Crippen molar-refractivity contribution in [3.63, 3.8) is 0 Å². The van der Waals surface area contributed by atoms with E-state index in [0.29, 0.717) is 5.69 Å². The second kappa shape index (κ2) is 10.6. The number of benzene rings is 2. The lowest BCUT2D eigenvalue weighted by Crippen LogP contribution is -2.24. The van der Waals surface area contributed by atoms with Crippen molar-refractivity contribution in [2.24, 2.45) is 4.99 Å². The summed E-state index contributed by atoms with van der Waals surface area (Å²) in [6.45, 7) is 11.8. The number of hydrogen-bond acceptors (Lipinski definition) is 5. The van der Waals surface area contributed by atoms with Gasteiger partial charge in [-0.3, -0.25) is 14.1 Å². The Morgan fingerprint density at radius 1 is 0.868 bits per heavy atom. The first-order valence-corrected chi connectivity index (χ1v) is 14.8. The van der Waals surface area contributed by atoms with E-state index < -0.39 is 31.1 Å². The van der Waals surface area contributed by atoms with Crippen LogP contribution < -0.4 is 0 Å². The lowest BCUT2D eigenvalue weighted by Gasteiger charge is -2.28. The topological polar surface area (TPSA) is 121 Å². The molecule has 2 aromatic rings. The van der Waals surface area contributed by atoms with Crippen LogP contribution in [0, 0.1) is 6.92 Å². The molecule has 0 atom stereocenters. The van der Waals surface area contributed by atoms with Crippen molar-refractivity contribution in [2.45, 2.75) is 62.2 Å². The van der Waals surface area contributed by atoms with Crippen LogP contribution in [-0.4, -0.2) is 31.7 Å². The van der Waals surface area contributed by atoms with Crippen molar-refractivity contribution in [1.29, 1.82) is 0 Å². The second-order valence-electron chi connectivity index (χ2n) is 10.3. The Labute approximate surface area is 225 Å². The van der Waals surface area contributed by atoms with Crippen LogP contribution in [-0.2, 0) is 31.1 Å². The minimum Gasteiger partial charge on any atom is -0.282 e. The van der Waals surface area contributed by atoms with Crippen LogP contribution >= 0.6 is 0 Å². The molecule has 0 bridgehead atoms. The summed E-state index contributed by atoms with van der Waals surface area (Å²) in [7, 11) is -8.58. The van der Waals surface area contributed by atoms with Crippen LogP contribution in [0.2, 0.25) is 0 Å². The van der Waals surface area contributed by atoms with E-state index in [4.69, 9.17) is 0 Å². The Morgan fingerprint density at radius 2 is 1.42 bits per heavy atom. The molecule has 0 fully saturated rings. The largest absolute Gasteiger partial charge is 0.294 e. The van der Waals surface area contributed by atoms with Crippen molar-refractivity contribution in [2.75, 3.05) is 0 Å². The zero-order valence-corrected chi connectivity index (χ0v) is 23.9. The molecule has 2 N–H and O–H groups in total. The Hall–Kier alpha value is -3.11. The van der Waals surface area contributed by atoms with Crippen LogP contribution in [0.1, 0.15) is 51.3 Å². The van der Waals surface area contributed by atoms with E-state index in [0.717, 1.165) is 28.0 Å². The first-order valence-electron chi connectivity index (χ1n) is 11.9. The van der Waals surface area contributed by atoms with E-state index in [9.17, 15) is 25.9 Å². The maximum Gasteiger partial charge on any atom is 0.294 e. The first-order chi connectivity index (χ1) is 17.5. The quantitative estimate of drug-likeness (QED) is 0.285. The predicted molar refractivity (Wildman–Crippen MR) is 152 cm³/mol. The molecular formula is C29H33NO6S2. The minimum atomic E-state index is -4.29. The highest BCUT2D eigenvalue weighted by Gasteiger charge is 2.34. The van der Waals surface area contributed by atoms with Crippen LogP contribution in [0.25, 0.3) is 0 Å². The molecule has 202 valence electrons. The van der Waals surface area contributed by atoms with Crippen molar-refractivity contribution in [3.8, 4) is 0 Å². The molecule has 7 nitrogen and oxygen atoms in total. The van der Waals surface area contributed by atoms with Gasteiger partial charge in [0, 0.05) is 10.8 Å². The van der Waals surface area contributed by atoms with E-state index >= 15 is 0 Å². The Bertz CT molecular complexity index is 1620. The number of fused-ring (bicyclic) bond motifs is 1. The molecular weight excluding hydrogens is 522 g/mol. The highest BCUT2D eigenvalue weighted by molar-refractivity contribution is 7.86. The predicted octanol–water partition coefficient (Wildman–Crippen LogP) is 6.44. The molecule has 1 aliphatic rings. The number of aryl methyl sites for hydroxylation is 1. The molecule has 9 heteroatoms. The summed E-state index contributed by atoms with van der Waals surface area (Å²) in [6, 6.07) is 9.01. The first kappa shape index (κ1) is 29.4. The van der Waals surface area contributed by atoms with Crippen molar-refractivity contribution >= 4 is 31.6 Å². The van der Waals surface area contributed by atoms with Gasteiger partial charge in [0.05, 0.1) is 21.2 Å². The molecule has 38 heavy (non-hydrogen) atoms. The zero-order chi connectivity index (χ0) is 28.5. The van der Waals surface area contributed by atoms with E-state index in [1.54, 1.807) is 12.1 Å². The summed E-state index contributed by atoms with van der Waals surface area (Å²) in [6.07, 6.45) is 13.2. The van der Waals surface area contributed by atoms with Gasteiger partial charge in [0.2, 0.25) is 0 Å². The van der Waals surface area contributed by atoms with Gasteiger partial charge in [0.25, 0.3) is 20.2 Å². The Balaban J connectivity index is 1.71. The standard InChI is InChI=1S/C29H33NO6S2/c1-20-14-15-22(37(31,32)33)18-24(20)28(3,4)21(2)12-10-8-7-9-11-13-27-29(5,6)25-19-23(38(34,35)36)16-17-26(25)30-27/h7-19H,1-6H3,(H,31,32,33)(H,34,35,36)/b9-7+,10-8+,13-11+,21-12-. The fourth-order valence-electron chi connectivity index (χ4n) is 4.32. The molecule has 0 radical (unpaired) electrons. The fourth-order valence-corrected chi connectivity index (χ4v) is 5.34. The van der Waals surface area contributed by atoms with Gasteiger partial charge in [-0.05, 0) is 66.9 Å². The van der Waals surface area contributed by atoms with Gasteiger partial charge in [-0.1, -0.05) is 75.8 Å². The maximum absolute atomic E-state index is 11.6. The summed E-state index contributed by atoms with van der Waals surface area (Å²) >= 11 is 0. The molecule has 0 aromatic heterocycles. The van der Waals surface area contributed by atoms with Gasteiger partial charge in [0.15, 0.2) is 0 Å². The van der Waals surface area contributed by atoms with Gasteiger partial charge in [-0.25, -0.2) is 0 Å². The smallest absolute Gasteiger partial charge is 0.282 e. The second-order valence-corrected chi connectivity index (χ2v) is 13.2. The monoisotopic (exact) mass is 555 g/mol. The van der Waals surface area contributed by atoms with E-state index in [1.807, 2.05) is 84.1 Å². The highest BCUT2D eigenvalue weighted by Crippen LogP contribution is 2.41. The molecule has 0 saturated heterocycles. The summed E-state index contributed by atoms with van der Waals surface area (Å²) in [5, 5.41) is 0. The molecule has 0 unspecified atom stereocenters. The number of hydrogen-bond donors (Lipinski definition) is 2. The molecule has 0 spiro atoms. The molecule has 2 aromatic carbocycles. The van der Waals surface area contributed by atoms with Crippen molar-refractivity contribution in [1.82, 2.24) is 0 Å². The Kier molecular flexibility index (Phi) is 8.19. The van der Waals surface area contributed by atoms with E-state index in [2.05, 4.69) is 4.99 Å². The average Bonchev–Trinajstić information content (AvgIpc) is 3.06. The summed E-state index contributed by atoms with van der Waals surface area (Å²) < 4.78 is 65.0. The SMILES string of the molecule is C/C(=C/C=C/C=C/C=C/C1=Nc2ccc(S(=O)(=O)O)cc2C1(C)C)C(C)(C)c1cc(S(=O)(=O)O)ccc1C. The summed E-state index contributed by atoms with van der Waals surface area (Å²) in [4.78, 5) is 4.33. The lowest BCUT2D eigenvalue weighted by molar-refractivity contribution is 0.480.